The van der Waals surface area contributed by atoms with Gasteiger partial charge in [0.05, 0.1) is 13.5 Å². The van der Waals surface area contributed by atoms with E-state index in [1.165, 1.54) is 12.8 Å². The molecule has 0 aromatic heterocycles. The van der Waals surface area contributed by atoms with Gasteiger partial charge in [0, 0.05) is 13.1 Å². The number of methoxy groups -OCH3 is 1. The minimum absolute atomic E-state index is 0.212. The summed E-state index contributed by atoms with van der Waals surface area (Å²) < 4.78 is 5.21. The minimum Gasteiger partial charge on any atom is -0.497 e. The van der Waals surface area contributed by atoms with Gasteiger partial charge in [0.15, 0.2) is 0 Å². The van der Waals surface area contributed by atoms with Crippen molar-refractivity contribution in [3.63, 3.8) is 0 Å². The smallest absolute Gasteiger partial charge is 0.226 e. The Labute approximate surface area is 127 Å². The van der Waals surface area contributed by atoms with Gasteiger partial charge in [-0.15, -0.1) is 0 Å². The van der Waals surface area contributed by atoms with Crippen molar-refractivity contribution in [2.24, 2.45) is 5.92 Å². The summed E-state index contributed by atoms with van der Waals surface area (Å²) in [6, 6.07) is 7.76. The largest absolute Gasteiger partial charge is 0.497 e. The Bertz CT molecular complexity index is 456. The Morgan fingerprint density at radius 2 is 2.14 bits per heavy atom. The molecule has 4 nitrogen and oxygen atoms in total. The Hall–Kier alpha value is -1.55. The predicted octanol–water partition coefficient (Wildman–Crippen LogP) is 2.09. The summed E-state index contributed by atoms with van der Waals surface area (Å²) in [5.41, 5.74) is 1.02. The van der Waals surface area contributed by atoms with Crippen LogP contribution in [-0.2, 0) is 11.2 Å². The van der Waals surface area contributed by atoms with Crippen molar-refractivity contribution in [2.75, 3.05) is 33.3 Å². The molecule has 1 aliphatic heterocycles. The van der Waals surface area contributed by atoms with E-state index in [4.69, 9.17) is 4.74 Å². The van der Waals surface area contributed by atoms with E-state index in [9.17, 15) is 4.79 Å². The first-order valence-corrected chi connectivity index (χ1v) is 7.84. The summed E-state index contributed by atoms with van der Waals surface area (Å²) in [7, 11) is 1.65. The quantitative estimate of drug-likeness (QED) is 0.872. The zero-order valence-electron chi connectivity index (χ0n) is 13.1. The van der Waals surface area contributed by atoms with Gasteiger partial charge in [0.25, 0.3) is 0 Å². The van der Waals surface area contributed by atoms with Crippen molar-refractivity contribution in [3.8, 4) is 5.75 Å². The van der Waals surface area contributed by atoms with Crippen LogP contribution >= 0.6 is 0 Å². The zero-order valence-corrected chi connectivity index (χ0v) is 13.1. The maximum absolute atomic E-state index is 12.5. The first kappa shape index (κ1) is 15.8. The number of hydrogen-bond donors (Lipinski definition) is 1. The van der Waals surface area contributed by atoms with Crippen molar-refractivity contribution in [1.29, 1.82) is 0 Å². The van der Waals surface area contributed by atoms with Gasteiger partial charge in [0.2, 0.25) is 5.91 Å². The number of hydrogen-bond acceptors (Lipinski definition) is 3. The van der Waals surface area contributed by atoms with Crippen molar-refractivity contribution in [2.45, 2.75) is 26.2 Å². The molecule has 1 aromatic rings. The molecule has 0 atom stereocenters. The van der Waals surface area contributed by atoms with E-state index in [0.29, 0.717) is 12.3 Å². The van der Waals surface area contributed by atoms with E-state index in [-0.39, 0.29) is 5.91 Å². The van der Waals surface area contributed by atoms with Crippen LogP contribution < -0.4 is 10.1 Å². The second-order valence-electron chi connectivity index (χ2n) is 5.65. The molecule has 1 heterocycles. The molecule has 0 bridgehead atoms. The molecule has 0 aliphatic carbocycles. The lowest BCUT2D eigenvalue weighted by molar-refractivity contribution is -0.131. The third kappa shape index (κ3) is 4.74. The Morgan fingerprint density at radius 1 is 1.38 bits per heavy atom. The summed E-state index contributed by atoms with van der Waals surface area (Å²) in [5, 5.41) is 3.37. The summed E-state index contributed by atoms with van der Waals surface area (Å²) in [6.07, 6.45) is 2.79. The average molecular weight is 290 g/mol. The van der Waals surface area contributed by atoms with Crippen molar-refractivity contribution in [1.82, 2.24) is 10.2 Å². The van der Waals surface area contributed by atoms with Gasteiger partial charge in [-0.25, -0.2) is 0 Å². The normalized spacial score (nSPS) is 15.7. The molecule has 1 N–H and O–H groups in total. The summed E-state index contributed by atoms with van der Waals surface area (Å²) in [4.78, 5) is 14.5. The third-order valence-electron chi connectivity index (χ3n) is 4.16. The fourth-order valence-corrected chi connectivity index (χ4v) is 2.85. The van der Waals surface area contributed by atoms with Crippen molar-refractivity contribution < 1.29 is 9.53 Å². The first-order chi connectivity index (χ1) is 10.2. The number of nitrogens with one attached hydrogen (secondary N) is 1. The fourth-order valence-electron chi connectivity index (χ4n) is 2.85. The molecule has 1 aliphatic rings. The molecular formula is C17H26N2O2. The number of nitrogens with zero attached hydrogens (tertiary/aromatic N) is 1. The predicted molar refractivity (Wildman–Crippen MR) is 84.5 cm³/mol. The van der Waals surface area contributed by atoms with Crippen molar-refractivity contribution in [3.05, 3.63) is 29.8 Å². The standard InChI is InChI=1S/C17H26N2O2/c1-3-19(13-14-7-9-18-10-8-14)17(20)12-15-5-4-6-16(11-15)21-2/h4-6,11,14,18H,3,7-10,12-13H2,1-2H3. The second-order valence-corrected chi connectivity index (χ2v) is 5.65. The summed E-state index contributed by atoms with van der Waals surface area (Å²) in [5.74, 6) is 1.66. The van der Waals surface area contributed by atoms with Gasteiger partial charge in [-0.05, 0) is 56.5 Å². The van der Waals surface area contributed by atoms with Crippen LogP contribution in [0.5, 0.6) is 5.75 Å². The highest BCUT2D eigenvalue weighted by molar-refractivity contribution is 5.78. The monoisotopic (exact) mass is 290 g/mol. The molecule has 4 heteroatoms. The van der Waals surface area contributed by atoms with E-state index in [0.717, 1.165) is 37.5 Å². The Balaban J connectivity index is 1.92. The van der Waals surface area contributed by atoms with Gasteiger partial charge in [0.1, 0.15) is 5.75 Å². The maximum Gasteiger partial charge on any atom is 0.226 e. The van der Waals surface area contributed by atoms with Gasteiger partial charge in [-0.1, -0.05) is 12.1 Å². The van der Waals surface area contributed by atoms with E-state index in [2.05, 4.69) is 12.2 Å². The summed E-state index contributed by atoms with van der Waals surface area (Å²) in [6.45, 7) is 5.89. The zero-order chi connectivity index (χ0) is 15.1. The molecule has 0 unspecified atom stereocenters. The van der Waals surface area contributed by atoms with Crippen LogP contribution in [0, 0.1) is 5.92 Å². The number of carbonyl (C=O) groups excluding carboxylic acids is 1. The van der Waals surface area contributed by atoms with E-state index in [1.54, 1.807) is 7.11 Å². The number of ether oxygens (including phenoxy) is 1. The van der Waals surface area contributed by atoms with E-state index >= 15 is 0 Å². The lowest BCUT2D eigenvalue weighted by Gasteiger charge is -2.29. The topological polar surface area (TPSA) is 41.6 Å². The molecule has 1 fully saturated rings. The molecule has 2 rings (SSSR count). The molecule has 116 valence electrons. The van der Waals surface area contributed by atoms with Gasteiger partial charge in [-0.2, -0.15) is 0 Å². The van der Waals surface area contributed by atoms with Crippen LogP contribution in [0.25, 0.3) is 0 Å². The molecular weight excluding hydrogens is 264 g/mol. The lowest BCUT2D eigenvalue weighted by Crippen LogP contribution is -2.39. The number of piperidine rings is 1. The number of rotatable bonds is 6. The van der Waals surface area contributed by atoms with Gasteiger partial charge < -0.3 is 15.0 Å². The Morgan fingerprint density at radius 3 is 2.81 bits per heavy atom. The first-order valence-electron chi connectivity index (χ1n) is 7.84. The van der Waals surface area contributed by atoms with Crippen LogP contribution in [0.1, 0.15) is 25.3 Å². The second kappa shape index (κ2) is 8.03. The minimum atomic E-state index is 0.212. The summed E-state index contributed by atoms with van der Waals surface area (Å²) >= 11 is 0. The fraction of sp³-hybridized carbons (Fsp3) is 0.588. The molecule has 1 amide bonds. The number of benzene rings is 1. The number of amides is 1. The Kier molecular flexibility index (Phi) is 6.05. The molecule has 1 aromatic carbocycles. The number of likely N-dealkylation sites (N-methyl/N-ethyl adjacent to an activating group) is 1. The van der Waals surface area contributed by atoms with Crippen LogP contribution in [-0.4, -0.2) is 44.1 Å². The van der Waals surface area contributed by atoms with Crippen LogP contribution in [0.4, 0.5) is 0 Å². The molecule has 0 saturated carbocycles. The molecule has 0 radical (unpaired) electrons. The molecule has 1 saturated heterocycles. The average Bonchev–Trinajstić information content (AvgIpc) is 2.53. The van der Waals surface area contributed by atoms with E-state index < -0.39 is 0 Å². The third-order valence-corrected chi connectivity index (χ3v) is 4.16. The number of carbonyl (C=O) groups is 1. The highest BCUT2D eigenvalue weighted by Gasteiger charge is 2.19. The highest BCUT2D eigenvalue weighted by atomic mass is 16.5. The van der Waals surface area contributed by atoms with Crippen LogP contribution in [0.3, 0.4) is 0 Å². The lowest BCUT2D eigenvalue weighted by atomic mass is 9.97. The highest BCUT2D eigenvalue weighted by Crippen LogP contribution is 2.16. The van der Waals surface area contributed by atoms with E-state index in [1.807, 2.05) is 29.2 Å². The van der Waals surface area contributed by atoms with Crippen LogP contribution in [0.15, 0.2) is 24.3 Å². The maximum atomic E-state index is 12.5. The molecule has 0 spiro atoms. The van der Waals surface area contributed by atoms with Gasteiger partial charge >= 0.3 is 0 Å². The van der Waals surface area contributed by atoms with Crippen molar-refractivity contribution >= 4 is 5.91 Å². The SMILES string of the molecule is CCN(CC1CCNCC1)C(=O)Cc1cccc(OC)c1. The van der Waals surface area contributed by atoms with Gasteiger partial charge in [-0.3, -0.25) is 4.79 Å². The molecule has 21 heavy (non-hydrogen) atoms. The van der Waals surface area contributed by atoms with Crippen LogP contribution in [0.2, 0.25) is 0 Å².